The summed E-state index contributed by atoms with van der Waals surface area (Å²) < 4.78 is 41.7. The van der Waals surface area contributed by atoms with Gasteiger partial charge in [-0.15, -0.1) is 0 Å². The summed E-state index contributed by atoms with van der Waals surface area (Å²) in [6.07, 6.45) is -1.25. The van der Waals surface area contributed by atoms with E-state index in [2.05, 4.69) is 20.8 Å². The third kappa shape index (κ3) is 5.66. The fourth-order valence-electron chi connectivity index (χ4n) is 4.12. The zero-order chi connectivity index (χ0) is 25.9. The van der Waals surface area contributed by atoms with Gasteiger partial charge in [0.05, 0.1) is 12.7 Å². The topological polar surface area (TPSA) is 152 Å². The van der Waals surface area contributed by atoms with Crippen molar-refractivity contribution >= 4 is 24.1 Å². The van der Waals surface area contributed by atoms with Crippen LogP contribution in [0.5, 0.6) is 17.2 Å². The van der Waals surface area contributed by atoms with Crippen LogP contribution in [0, 0.1) is 0 Å². The molecule has 4 N–H and O–H groups in total. The van der Waals surface area contributed by atoms with Crippen molar-refractivity contribution in [2.45, 2.75) is 56.1 Å². The van der Waals surface area contributed by atoms with E-state index < -0.39 is 36.7 Å². The summed E-state index contributed by atoms with van der Waals surface area (Å²) in [5, 5.41) is 21.6. The Kier molecular flexibility index (Phi) is 7.27. The van der Waals surface area contributed by atoms with Gasteiger partial charge in [0.25, 0.3) is 12.3 Å². The van der Waals surface area contributed by atoms with Crippen LogP contribution in [-0.2, 0) is 9.53 Å². The molecule has 0 unspecified atom stereocenters. The van der Waals surface area contributed by atoms with Crippen LogP contribution in [0.4, 0.5) is 19.4 Å². The van der Waals surface area contributed by atoms with Crippen LogP contribution in [0.3, 0.4) is 0 Å². The highest BCUT2D eigenvalue weighted by atomic mass is 19.3. The van der Waals surface area contributed by atoms with Crippen molar-refractivity contribution in [2.24, 2.45) is 0 Å². The van der Waals surface area contributed by atoms with Crippen LogP contribution >= 0.6 is 0 Å². The molecular formula is C23H26F2N4O7. The number of nitrogens with one attached hydrogen (secondary N) is 3. The molecule has 2 amide bonds. The number of alkyl carbamates (subject to hydrolysis) is 1. The summed E-state index contributed by atoms with van der Waals surface area (Å²) in [5.74, 6) is -0.419. The molecule has 2 aromatic rings. The number of carbonyl (C=O) groups excluding carboxylic acids is 3. The number of halogens is 2. The number of carbonyl (C=O) groups is 3. The van der Waals surface area contributed by atoms with Crippen LogP contribution in [0.2, 0.25) is 0 Å². The Hall–Kier alpha value is -3.90. The van der Waals surface area contributed by atoms with Gasteiger partial charge in [-0.25, -0.2) is 13.6 Å². The van der Waals surface area contributed by atoms with Crippen molar-refractivity contribution in [1.29, 1.82) is 0 Å². The number of amides is 2. The average Bonchev–Trinajstić information content (AvgIpc) is 3.24. The first-order valence-electron chi connectivity index (χ1n) is 11.3. The number of H-pyrrole nitrogens is 1. The molecule has 2 aliphatic rings. The van der Waals surface area contributed by atoms with E-state index in [1.807, 2.05) is 0 Å². The van der Waals surface area contributed by atoms with Gasteiger partial charge in [0.1, 0.15) is 28.9 Å². The second-order valence-electron chi connectivity index (χ2n) is 8.84. The first kappa shape index (κ1) is 25.2. The van der Waals surface area contributed by atoms with Gasteiger partial charge in [-0.1, -0.05) is 0 Å². The molecule has 0 aliphatic heterocycles. The zero-order valence-corrected chi connectivity index (χ0v) is 19.4. The van der Waals surface area contributed by atoms with Crippen LogP contribution in [0.25, 0.3) is 0 Å². The van der Waals surface area contributed by atoms with Gasteiger partial charge < -0.3 is 30.0 Å². The number of aromatic nitrogens is 2. The van der Waals surface area contributed by atoms with Gasteiger partial charge in [-0.05, 0) is 32.1 Å². The molecule has 1 heterocycles. The SMILES string of the molecule is COc1cc(O)c(C=O)c(OCC(=O)Nc2cc([C@H]3CC[C@@H](OC(=O)NC4(C(F)F)CC4)C3)[nH]n2)c1. The fraction of sp³-hybridized carbons (Fsp3) is 0.478. The Morgan fingerprint density at radius 3 is 2.75 bits per heavy atom. The number of aldehydes is 1. The number of hydrogen-bond acceptors (Lipinski definition) is 8. The molecule has 194 valence electrons. The Balaban J connectivity index is 1.26. The lowest BCUT2D eigenvalue weighted by molar-refractivity contribution is -0.118. The molecule has 0 bridgehead atoms. The van der Waals surface area contributed by atoms with Crippen molar-refractivity contribution in [3.8, 4) is 17.2 Å². The maximum atomic E-state index is 13.0. The predicted molar refractivity (Wildman–Crippen MR) is 121 cm³/mol. The summed E-state index contributed by atoms with van der Waals surface area (Å²) >= 11 is 0. The summed E-state index contributed by atoms with van der Waals surface area (Å²) in [7, 11) is 1.38. The van der Waals surface area contributed by atoms with Crippen molar-refractivity contribution < 1.29 is 42.5 Å². The van der Waals surface area contributed by atoms with Gasteiger partial charge >= 0.3 is 6.09 Å². The van der Waals surface area contributed by atoms with E-state index in [9.17, 15) is 28.3 Å². The van der Waals surface area contributed by atoms with E-state index in [1.54, 1.807) is 6.07 Å². The minimum atomic E-state index is -2.62. The Morgan fingerprint density at radius 1 is 1.31 bits per heavy atom. The van der Waals surface area contributed by atoms with Crippen molar-refractivity contribution in [2.75, 3.05) is 19.0 Å². The van der Waals surface area contributed by atoms with Crippen molar-refractivity contribution in [3.05, 3.63) is 29.5 Å². The third-order valence-corrected chi connectivity index (χ3v) is 6.33. The lowest BCUT2D eigenvalue weighted by atomic mass is 10.0. The fourth-order valence-corrected chi connectivity index (χ4v) is 4.12. The average molecular weight is 508 g/mol. The van der Waals surface area contributed by atoms with Gasteiger partial charge in [0.2, 0.25) is 0 Å². The summed E-state index contributed by atoms with van der Waals surface area (Å²) in [5.41, 5.74) is -0.833. The lowest BCUT2D eigenvalue weighted by Gasteiger charge is -2.18. The number of phenolic OH excluding ortho intramolecular Hbond substituents is 1. The van der Waals surface area contributed by atoms with E-state index in [0.717, 1.165) is 5.69 Å². The maximum Gasteiger partial charge on any atom is 0.408 e. The molecule has 0 radical (unpaired) electrons. The van der Waals surface area contributed by atoms with Gasteiger partial charge in [0, 0.05) is 29.8 Å². The van der Waals surface area contributed by atoms with Crippen molar-refractivity contribution in [1.82, 2.24) is 15.5 Å². The number of hydrogen-bond donors (Lipinski definition) is 4. The number of benzene rings is 1. The second kappa shape index (κ2) is 10.4. The monoisotopic (exact) mass is 508 g/mol. The quantitative estimate of drug-likeness (QED) is 0.357. The van der Waals surface area contributed by atoms with Crippen LogP contribution < -0.4 is 20.1 Å². The van der Waals surface area contributed by atoms with Crippen molar-refractivity contribution in [3.63, 3.8) is 0 Å². The smallest absolute Gasteiger partial charge is 0.408 e. The lowest BCUT2D eigenvalue weighted by Crippen LogP contribution is -2.43. The molecule has 13 heteroatoms. The van der Waals surface area contributed by atoms with Crippen LogP contribution in [-0.4, -0.2) is 65.4 Å². The number of phenols is 1. The Labute approximate surface area is 204 Å². The molecule has 0 spiro atoms. The number of aromatic hydroxyl groups is 1. The molecule has 4 rings (SSSR count). The molecule has 1 aromatic heterocycles. The number of alkyl halides is 2. The standard InChI is InChI=1S/C23H26F2N4O7/c1-34-14-7-17(31)15(10-30)18(8-14)35-11-20(32)26-19-9-16(28-29-19)12-2-3-13(6-12)36-22(33)27-23(4-5-23)21(24)25/h7-10,12-13,21,31H,2-6,11H2,1H3,(H,27,33)(H2,26,28,29,32)/t12-,13+/m0/s1. The number of ether oxygens (including phenoxy) is 3. The number of anilines is 1. The van der Waals surface area contributed by atoms with E-state index in [0.29, 0.717) is 25.5 Å². The summed E-state index contributed by atoms with van der Waals surface area (Å²) in [6, 6.07) is 4.27. The normalized spacial score (nSPS) is 20.0. The molecule has 2 fully saturated rings. The Bertz CT molecular complexity index is 1140. The summed E-state index contributed by atoms with van der Waals surface area (Å²) in [6.45, 7) is -0.454. The van der Waals surface area contributed by atoms with E-state index in [-0.39, 0.29) is 47.4 Å². The van der Waals surface area contributed by atoms with Crippen LogP contribution in [0.1, 0.15) is 54.1 Å². The molecule has 36 heavy (non-hydrogen) atoms. The maximum absolute atomic E-state index is 13.0. The highest BCUT2D eigenvalue weighted by Gasteiger charge is 2.53. The highest BCUT2D eigenvalue weighted by Crippen LogP contribution is 2.41. The zero-order valence-electron chi connectivity index (χ0n) is 19.4. The molecule has 11 nitrogen and oxygen atoms in total. The minimum Gasteiger partial charge on any atom is -0.507 e. The highest BCUT2D eigenvalue weighted by molar-refractivity contribution is 5.91. The van der Waals surface area contributed by atoms with Crippen LogP contribution in [0.15, 0.2) is 18.2 Å². The van der Waals surface area contributed by atoms with E-state index in [1.165, 1.54) is 19.2 Å². The predicted octanol–water partition coefficient (Wildman–Crippen LogP) is 3.11. The molecular weight excluding hydrogens is 482 g/mol. The number of aromatic amines is 1. The molecule has 2 saturated carbocycles. The Morgan fingerprint density at radius 2 is 2.08 bits per heavy atom. The second-order valence-corrected chi connectivity index (χ2v) is 8.84. The summed E-state index contributed by atoms with van der Waals surface area (Å²) in [4.78, 5) is 35.5. The van der Waals surface area contributed by atoms with Gasteiger partial charge in [-0.2, -0.15) is 5.10 Å². The van der Waals surface area contributed by atoms with E-state index in [4.69, 9.17) is 14.2 Å². The first-order chi connectivity index (χ1) is 17.2. The van der Waals surface area contributed by atoms with Gasteiger partial charge in [0.15, 0.2) is 18.7 Å². The van der Waals surface area contributed by atoms with Gasteiger partial charge in [-0.3, -0.25) is 14.7 Å². The first-order valence-corrected chi connectivity index (χ1v) is 11.3. The van der Waals surface area contributed by atoms with E-state index >= 15 is 0 Å². The molecule has 2 aliphatic carbocycles. The number of methoxy groups -OCH3 is 1. The largest absolute Gasteiger partial charge is 0.507 e. The minimum absolute atomic E-state index is 0.0121. The molecule has 0 saturated heterocycles. The molecule has 1 aromatic carbocycles. The number of rotatable bonds is 10. The third-order valence-electron chi connectivity index (χ3n) is 6.33. The molecule has 2 atom stereocenters. The number of nitrogens with zero attached hydrogens (tertiary/aromatic N) is 1.